The number of nitrogens with zero attached hydrogens (tertiary/aromatic N) is 4. The first-order valence-corrected chi connectivity index (χ1v) is 9.54. The van der Waals surface area contributed by atoms with E-state index >= 15 is 0 Å². The lowest BCUT2D eigenvalue weighted by Gasteiger charge is -2.09. The number of nitrogens with one attached hydrogen (secondary N) is 1. The quantitative estimate of drug-likeness (QED) is 0.700. The summed E-state index contributed by atoms with van der Waals surface area (Å²) in [5.74, 6) is 1.26. The van der Waals surface area contributed by atoms with Crippen molar-refractivity contribution in [1.82, 2.24) is 24.5 Å². The van der Waals surface area contributed by atoms with Crippen molar-refractivity contribution < 1.29 is 4.79 Å². The molecule has 0 spiro atoms. The lowest BCUT2D eigenvalue weighted by Crippen LogP contribution is -2.30. The number of hydrogen-bond acceptors (Lipinski definition) is 5. The third-order valence-electron chi connectivity index (χ3n) is 4.04. The molecule has 0 aliphatic heterocycles. The molecule has 134 valence electrons. The van der Waals surface area contributed by atoms with Gasteiger partial charge in [0.05, 0.1) is 5.52 Å². The van der Waals surface area contributed by atoms with E-state index in [1.807, 2.05) is 29.7 Å². The Bertz CT molecular complexity index is 953. The smallest absolute Gasteiger partial charge is 0.272 e. The minimum Gasteiger partial charge on any atom is -0.354 e. The van der Waals surface area contributed by atoms with E-state index in [4.69, 9.17) is 0 Å². The first kappa shape index (κ1) is 17.6. The van der Waals surface area contributed by atoms with Crippen molar-refractivity contribution in [1.29, 1.82) is 0 Å². The molecule has 25 heavy (non-hydrogen) atoms. The molecular formula is C17H23N5O2S. The molecule has 1 N–H and O–H groups in total. The van der Waals surface area contributed by atoms with Gasteiger partial charge in [0.15, 0.2) is 0 Å². The van der Waals surface area contributed by atoms with Crippen LogP contribution in [0.25, 0.3) is 16.0 Å². The second-order valence-corrected chi connectivity index (χ2v) is 7.34. The minimum absolute atomic E-state index is 0.00684. The second-order valence-electron chi connectivity index (χ2n) is 6.42. The van der Waals surface area contributed by atoms with E-state index in [1.54, 1.807) is 4.57 Å². The van der Waals surface area contributed by atoms with Gasteiger partial charge >= 0.3 is 0 Å². The predicted octanol–water partition coefficient (Wildman–Crippen LogP) is 2.36. The largest absolute Gasteiger partial charge is 0.354 e. The Hall–Kier alpha value is -2.22. The van der Waals surface area contributed by atoms with Gasteiger partial charge in [0, 0.05) is 25.4 Å². The van der Waals surface area contributed by atoms with E-state index in [9.17, 15) is 9.59 Å². The molecule has 0 aliphatic carbocycles. The molecule has 0 aliphatic rings. The van der Waals surface area contributed by atoms with Gasteiger partial charge in [-0.3, -0.25) is 18.6 Å². The number of unbranched alkanes of at least 4 members (excludes halogenated alkanes) is 1. The summed E-state index contributed by atoms with van der Waals surface area (Å²) >= 11 is 1.43. The zero-order chi connectivity index (χ0) is 18.0. The van der Waals surface area contributed by atoms with Gasteiger partial charge in [-0.15, -0.1) is 21.5 Å². The van der Waals surface area contributed by atoms with Gasteiger partial charge in [-0.2, -0.15) is 0 Å². The Morgan fingerprint density at radius 3 is 2.88 bits per heavy atom. The van der Waals surface area contributed by atoms with Crippen LogP contribution in [0.5, 0.6) is 0 Å². The maximum atomic E-state index is 12.7. The van der Waals surface area contributed by atoms with Gasteiger partial charge in [0.2, 0.25) is 11.7 Å². The molecule has 0 saturated carbocycles. The van der Waals surface area contributed by atoms with Gasteiger partial charge in [0.1, 0.15) is 10.5 Å². The second kappa shape index (κ2) is 7.35. The minimum atomic E-state index is -0.0116. The van der Waals surface area contributed by atoms with Crippen LogP contribution in [-0.2, 0) is 17.8 Å². The standard InChI is InChI=1S/C17H23N5O2S/c1-4-5-9-21-16(24)15-12(8-10-25-15)22-13(19-20-17(21)22)6-7-14(23)18-11(2)3/h8,10-11H,4-7,9H2,1-3H3,(H,18,23). The number of fused-ring (bicyclic) bond motifs is 3. The van der Waals surface area contributed by atoms with Crippen LogP contribution in [0.2, 0.25) is 0 Å². The molecule has 8 heteroatoms. The first-order valence-electron chi connectivity index (χ1n) is 8.66. The van der Waals surface area contributed by atoms with Crippen LogP contribution in [0.3, 0.4) is 0 Å². The fourth-order valence-electron chi connectivity index (χ4n) is 2.88. The summed E-state index contributed by atoms with van der Waals surface area (Å²) < 4.78 is 4.33. The SMILES string of the molecule is CCCCn1c(=O)c2sccc2n2c(CCC(=O)NC(C)C)nnc12. The molecule has 0 radical (unpaired) electrons. The summed E-state index contributed by atoms with van der Waals surface area (Å²) in [5.41, 5.74) is 0.810. The number of rotatable bonds is 7. The lowest BCUT2D eigenvalue weighted by atomic mass is 10.2. The molecule has 0 aromatic carbocycles. The number of aromatic nitrogens is 4. The fourth-order valence-corrected chi connectivity index (χ4v) is 3.70. The Kier molecular flexibility index (Phi) is 5.17. The molecule has 3 rings (SSSR count). The average Bonchev–Trinajstić information content (AvgIpc) is 3.18. The summed E-state index contributed by atoms with van der Waals surface area (Å²) in [5, 5.41) is 13.3. The third-order valence-corrected chi connectivity index (χ3v) is 4.93. The third kappa shape index (κ3) is 3.44. The lowest BCUT2D eigenvalue weighted by molar-refractivity contribution is -0.121. The van der Waals surface area contributed by atoms with Gasteiger partial charge in [0.25, 0.3) is 5.56 Å². The molecule has 0 unspecified atom stereocenters. The van der Waals surface area contributed by atoms with E-state index in [1.165, 1.54) is 11.3 Å². The van der Waals surface area contributed by atoms with Gasteiger partial charge in [-0.1, -0.05) is 13.3 Å². The number of carbonyl (C=O) groups is 1. The Morgan fingerprint density at radius 1 is 1.36 bits per heavy atom. The number of carbonyl (C=O) groups excluding carboxylic acids is 1. The number of thiophene rings is 1. The van der Waals surface area contributed by atoms with Crippen molar-refractivity contribution in [2.45, 2.75) is 59.0 Å². The molecule has 0 bridgehead atoms. The normalized spacial score (nSPS) is 11.7. The Morgan fingerprint density at radius 2 is 2.16 bits per heavy atom. The van der Waals surface area contributed by atoms with E-state index < -0.39 is 0 Å². The van der Waals surface area contributed by atoms with Crippen LogP contribution < -0.4 is 10.9 Å². The summed E-state index contributed by atoms with van der Waals surface area (Å²) in [7, 11) is 0. The van der Waals surface area contributed by atoms with Crippen molar-refractivity contribution in [3.63, 3.8) is 0 Å². The zero-order valence-corrected chi connectivity index (χ0v) is 15.6. The molecule has 0 saturated heterocycles. The average molecular weight is 361 g/mol. The highest BCUT2D eigenvalue weighted by Crippen LogP contribution is 2.20. The van der Waals surface area contributed by atoms with Crippen LogP contribution in [0.4, 0.5) is 0 Å². The summed E-state index contributed by atoms with van der Waals surface area (Å²) in [6.45, 7) is 6.59. The van der Waals surface area contributed by atoms with Crippen molar-refractivity contribution >= 4 is 33.2 Å². The Labute approximate surface area is 149 Å². The highest BCUT2D eigenvalue weighted by molar-refractivity contribution is 7.17. The molecule has 3 aromatic rings. The molecular weight excluding hydrogens is 338 g/mol. The summed E-state index contributed by atoms with van der Waals surface area (Å²) in [6.07, 6.45) is 2.73. The van der Waals surface area contributed by atoms with E-state index in [0.717, 1.165) is 18.4 Å². The van der Waals surface area contributed by atoms with E-state index in [2.05, 4.69) is 22.4 Å². The zero-order valence-electron chi connectivity index (χ0n) is 14.8. The highest BCUT2D eigenvalue weighted by Gasteiger charge is 2.17. The molecule has 3 heterocycles. The van der Waals surface area contributed by atoms with Crippen molar-refractivity contribution in [2.24, 2.45) is 0 Å². The molecule has 0 atom stereocenters. The van der Waals surface area contributed by atoms with Crippen LogP contribution in [-0.4, -0.2) is 31.1 Å². The molecule has 3 aromatic heterocycles. The molecule has 0 fully saturated rings. The van der Waals surface area contributed by atoms with Crippen molar-refractivity contribution in [2.75, 3.05) is 0 Å². The van der Waals surface area contributed by atoms with Crippen LogP contribution >= 0.6 is 11.3 Å². The maximum absolute atomic E-state index is 12.7. The van der Waals surface area contributed by atoms with Crippen molar-refractivity contribution in [3.8, 4) is 0 Å². The van der Waals surface area contributed by atoms with E-state index in [0.29, 0.717) is 35.7 Å². The van der Waals surface area contributed by atoms with Crippen LogP contribution in [0.15, 0.2) is 16.2 Å². The number of amides is 1. The summed E-state index contributed by atoms with van der Waals surface area (Å²) in [6, 6.07) is 2.03. The number of aryl methyl sites for hydroxylation is 2. The summed E-state index contributed by atoms with van der Waals surface area (Å²) in [4.78, 5) is 24.7. The predicted molar refractivity (Wildman–Crippen MR) is 99.1 cm³/mol. The van der Waals surface area contributed by atoms with Crippen LogP contribution in [0, 0.1) is 0 Å². The first-order chi connectivity index (χ1) is 12.0. The fraction of sp³-hybridized carbons (Fsp3) is 0.529. The Balaban J connectivity index is 2.02. The van der Waals surface area contributed by atoms with Gasteiger partial charge in [-0.25, -0.2) is 0 Å². The van der Waals surface area contributed by atoms with E-state index in [-0.39, 0.29) is 17.5 Å². The monoisotopic (exact) mass is 361 g/mol. The van der Waals surface area contributed by atoms with Crippen LogP contribution in [0.1, 0.15) is 45.9 Å². The van der Waals surface area contributed by atoms with Gasteiger partial charge < -0.3 is 5.32 Å². The molecule has 7 nitrogen and oxygen atoms in total. The molecule has 1 amide bonds. The van der Waals surface area contributed by atoms with Gasteiger partial charge in [-0.05, 0) is 31.7 Å². The highest BCUT2D eigenvalue weighted by atomic mass is 32.1. The number of hydrogen-bond donors (Lipinski definition) is 1. The topological polar surface area (TPSA) is 81.3 Å². The maximum Gasteiger partial charge on any atom is 0.272 e. The van der Waals surface area contributed by atoms with Crippen molar-refractivity contribution in [3.05, 3.63) is 27.6 Å².